The Morgan fingerprint density at radius 1 is 1.00 bits per heavy atom. The minimum atomic E-state index is -0.589. The second kappa shape index (κ2) is 15.8. The SMILES string of the molecule is CC.CC[O][AlH][O]CC. The van der Waals surface area contributed by atoms with Crippen LogP contribution in [0.25, 0.3) is 0 Å². The molecule has 56 valence electrons. The highest BCUT2D eigenvalue weighted by Crippen LogP contribution is 1.70. The lowest BCUT2D eigenvalue weighted by Crippen LogP contribution is -2.02. The zero-order valence-corrected chi connectivity index (χ0v) is 8.35. The molecule has 0 aliphatic heterocycles. The molecule has 0 bridgehead atoms. The van der Waals surface area contributed by atoms with Crippen LogP contribution >= 0.6 is 0 Å². The van der Waals surface area contributed by atoms with E-state index in [1.165, 1.54) is 0 Å². The Labute approximate surface area is 64.9 Å². The van der Waals surface area contributed by atoms with Gasteiger partial charge in [0.2, 0.25) is 0 Å². The molecule has 0 fully saturated rings. The summed E-state index contributed by atoms with van der Waals surface area (Å²) >= 11 is -0.589. The fourth-order valence-electron chi connectivity index (χ4n) is 0.226. The van der Waals surface area contributed by atoms with Crippen molar-refractivity contribution in [2.24, 2.45) is 0 Å². The van der Waals surface area contributed by atoms with E-state index in [9.17, 15) is 0 Å². The summed E-state index contributed by atoms with van der Waals surface area (Å²) in [5.41, 5.74) is 0. The summed E-state index contributed by atoms with van der Waals surface area (Å²) in [4.78, 5) is 0. The van der Waals surface area contributed by atoms with Gasteiger partial charge in [-0.3, -0.25) is 0 Å². The van der Waals surface area contributed by atoms with Crippen LogP contribution in [0.3, 0.4) is 0 Å². The molecule has 0 aromatic carbocycles. The van der Waals surface area contributed by atoms with Gasteiger partial charge in [0.15, 0.2) is 0 Å². The molecule has 0 amide bonds. The first kappa shape index (κ1) is 12.2. The van der Waals surface area contributed by atoms with Gasteiger partial charge in [0.05, 0.1) is 0 Å². The lowest BCUT2D eigenvalue weighted by Gasteiger charge is -1.95. The maximum Gasteiger partial charge on any atom is 0.649 e. The first-order valence-corrected chi connectivity index (χ1v) is 4.72. The van der Waals surface area contributed by atoms with E-state index < -0.39 is 15.9 Å². The third-order valence-corrected chi connectivity index (χ3v) is 1.72. The highest BCUT2D eigenvalue weighted by Gasteiger charge is 1.88. The van der Waals surface area contributed by atoms with Gasteiger partial charge in [0, 0.05) is 13.2 Å². The summed E-state index contributed by atoms with van der Waals surface area (Å²) in [6, 6.07) is 0. The van der Waals surface area contributed by atoms with Crippen LogP contribution in [0, 0.1) is 0 Å². The average molecular weight is 148 g/mol. The molecule has 0 aliphatic rings. The summed E-state index contributed by atoms with van der Waals surface area (Å²) in [7, 11) is 0. The summed E-state index contributed by atoms with van der Waals surface area (Å²) < 4.78 is 9.98. The quantitative estimate of drug-likeness (QED) is 0.442. The molecule has 0 aliphatic carbocycles. The maximum absolute atomic E-state index is 4.99. The normalized spacial score (nSPS) is 7.56. The molecule has 0 rings (SSSR count). The van der Waals surface area contributed by atoms with Gasteiger partial charge in [0.1, 0.15) is 0 Å². The van der Waals surface area contributed by atoms with Gasteiger partial charge in [-0.05, 0) is 13.8 Å². The average Bonchev–Trinajstić information content (AvgIpc) is 1.94. The van der Waals surface area contributed by atoms with Crippen molar-refractivity contribution in [3.8, 4) is 0 Å². The third-order valence-electron chi connectivity index (χ3n) is 0.575. The topological polar surface area (TPSA) is 18.5 Å². The zero-order chi connectivity index (χ0) is 7.54. The standard InChI is InChI=1S/2C2H5O.C2H6.Al.H/c2*1-2-3;1-2;;/h2*2H2,1H3;1-2H3;;/q2*-1;;+2;. The molecule has 0 spiro atoms. The van der Waals surface area contributed by atoms with Crippen molar-refractivity contribution in [2.75, 3.05) is 13.2 Å². The minimum Gasteiger partial charge on any atom is -0.481 e. The van der Waals surface area contributed by atoms with Crippen LogP contribution < -0.4 is 0 Å². The van der Waals surface area contributed by atoms with Crippen molar-refractivity contribution in [1.29, 1.82) is 0 Å². The Hall–Kier alpha value is 0.452. The second-order valence-electron chi connectivity index (χ2n) is 1.10. The second-order valence-corrected chi connectivity index (χ2v) is 2.16. The van der Waals surface area contributed by atoms with E-state index in [2.05, 4.69) is 0 Å². The number of hydrogen-bond donors (Lipinski definition) is 0. The number of rotatable bonds is 4. The van der Waals surface area contributed by atoms with Crippen molar-refractivity contribution in [1.82, 2.24) is 0 Å². The molecule has 0 atom stereocenters. The fourth-order valence-corrected chi connectivity index (χ4v) is 0.677. The van der Waals surface area contributed by atoms with Crippen LogP contribution in [0.2, 0.25) is 0 Å². The van der Waals surface area contributed by atoms with E-state index in [0.29, 0.717) is 0 Å². The summed E-state index contributed by atoms with van der Waals surface area (Å²) in [6.45, 7) is 9.55. The van der Waals surface area contributed by atoms with Crippen LogP contribution in [0.5, 0.6) is 0 Å². The molecule has 0 unspecified atom stereocenters. The largest absolute Gasteiger partial charge is 0.649 e. The van der Waals surface area contributed by atoms with Crippen LogP contribution in [0.1, 0.15) is 27.7 Å². The van der Waals surface area contributed by atoms with Gasteiger partial charge in [0.25, 0.3) is 0 Å². The smallest absolute Gasteiger partial charge is 0.481 e. The maximum atomic E-state index is 4.99. The van der Waals surface area contributed by atoms with Gasteiger partial charge < -0.3 is 7.58 Å². The molecule has 0 N–H and O–H groups in total. The molecule has 0 radical (unpaired) electrons. The van der Waals surface area contributed by atoms with Gasteiger partial charge in [-0.1, -0.05) is 13.8 Å². The van der Waals surface area contributed by atoms with E-state index >= 15 is 0 Å². The van der Waals surface area contributed by atoms with Crippen LogP contribution in [0.15, 0.2) is 0 Å². The molecular formula is C6H17AlO2. The van der Waals surface area contributed by atoms with Crippen molar-refractivity contribution in [3.63, 3.8) is 0 Å². The minimum absolute atomic E-state index is 0.589. The Morgan fingerprint density at radius 3 is 1.56 bits per heavy atom. The molecular weight excluding hydrogens is 131 g/mol. The van der Waals surface area contributed by atoms with E-state index in [1.54, 1.807) is 0 Å². The molecule has 2 nitrogen and oxygen atoms in total. The molecule has 0 aromatic heterocycles. The van der Waals surface area contributed by atoms with E-state index in [0.717, 1.165) is 13.2 Å². The lowest BCUT2D eigenvalue weighted by molar-refractivity contribution is 0.240. The van der Waals surface area contributed by atoms with Crippen LogP contribution in [-0.2, 0) is 7.58 Å². The van der Waals surface area contributed by atoms with Crippen molar-refractivity contribution < 1.29 is 7.58 Å². The van der Waals surface area contributed by atoms with Crippen molar-refractivity contribution in [2.45, 2.75) is 27.7 Å². The number of hydrogen-bond acceptors (Lipinski definition) is 2. The molecule has 0 saturated carbocycles. The van der Waals surface area contributed by atoms with Crippen LogP contribution in [-0.4, -0.2) is 29.1 Å². The first-order chi connectivity index (χ1) is 4.41. The van der Waals surface area contributed by atoms with Crippen molar-refractivity contribution >= 4 is 15.9 Å². The van der Waals surface area contributed by atoms with E-state index in [-0.39, 0.29) is 0 Å². The summed E-state index contributed by atoms with van der Waals surface area (Å²) in [6.07, 6.45) is 0. The third kappa shape index (κ3) is 17.8. The van der Waals surface area contributed by atoms with E-state index in [1.807, 2.05) is 27.7 Å². The van der Waals surface area contributed by atoms with Gasteiger partial charge in [-0.15, -0.1) is 0 Å². The summed E-state index contributed by atoms with van der Waals surface area (Å²) in [5, 5.41) is 0. The molecule has 0 saturated heterocycles. The highest BCUT2D eigenvalue weighted by molar-refractivity contribution is 6.17. The molecule has 9 heavy (non-hydrogen) atoms. The van der Waals surface area contributed by atoms with Crippen LogP contribution in [0.4, 0.5) is 0 Å². The van der Waals surface area contributed by atoms with Gasteiger partial charge >= 0.3 is 15.9 Å². The first-order valence-electron chi connectivity index (χ1n) is 3.57. The fraction of sp³-hybridized carbons (Fsp3) is 1.00. The molecule has 0 aromatic rings. The predicted octanol–water partition coefficient (Wildman–Crippen LogP) is 1.35. The molecule has 3 heteroatoms. The monoisotopic (exact) mass is 148 g/mol. The van der Waals surface area contributed by atoms with Gasteiger partial charge in [-0.25, -0.2) is 0 Å². The van der Waals surface area contributed by atoms with Gasteiger partial charge in [-0.2, -0.15) is 0 Å². The Kier molecular flexibility index (Phi) is 21.3. The zero-order valence-electron chi connectivity index (χ0n) is 6.94. The van der Waals surface area contributed by atoms with Crippen molar-refractivity contribution in [3.05, 3.63) is 0 Å². The highest BCUT2D eigenvalue weighted by atomic mass is 27.2. The molecule has 0 heterocycles. The summed E-state index contributed by atoms with van der Waals surface area (Å²) in [5.74, 6) is 0. The predicted molar refractivity (Wildman–Crippen MR) is 41.7 cm³/mol. The Balaban J connectivity index is 0. The Bertz CT molecular complexity index is 30.2. The lowest BCUT2D eigenvalue weighted by atomic mass is 10.9. The Morgan fingerprint density at radius 2 is 1.33 bits per heavy atom. The van der Waals surface area contributed by atoms with E-state index in [4.69, 9.17) is 7.58 Å².